The molecule has 0 aliphatic rings. The molecule has 0 bridgehead atoms. The van der Waals surface area contributed by atoms with E-state index in [1.165, 1.54) is 16.2 Å². The van der Waals surface area contributed by atoms with Crippen molar-refractivity contribution in [3.8, 4) is 10.8 Å². The topological polar surface area (TPSA) is 52.3 Å². The summed E-state index contributed by atoms with van der Waals surface area (Å²) < 4.78 is 11.2. The van der Waals surface area contributed by atoms with Crippen molar-refractivity contribution in [3.63, 3.8) is 0 Å². The number of para-hydroxylation sites is 1. The lowest BCUT2D eigenvalue weighted by Crippen LogP contribution is -2.08. The maximum atomic E-state index is 12.2. The molecule has 142 valence electrons. The molecule has 0 saturated heterocycles. The molecular weight excluding hydrogens is 390 g/mol. The lowest BCUT2D eigenvalue weighted by molar-refractivity contribution is -0.144. The van der Waals surface area contributed by atoms with Gasteiger partial charge in [0, 0.05) is 15.7 Å². The Hall–Kier alpha value is -2.57. The van der Waals surface area contributed by atoms with E-state index < -0.39 is 0 Å². The number of benzene rings is 2. The first-order valence-corrected chi connectivity index (χ1v) is 10.9. The summed E-state index contributed by atoms with van der Waals surface area (Å²) in [5, 5.41) is 3.73. The van der Waals surface area contributed by atoms with Crippen LogP contribution in [0.25, 0.3) is 21.7 Å². The van der Waals surface area contributed by atoms with Crippen molar-refractivity contribution in [2.45, 2.75) is 24.8 Å². The number of carbonyl (C=O) groups is 1. The van der Waals surface area contributed by atoms with E-state index >= 15 is 0 Å². The first-order chi connectivity index (χ1) is 13.7. The van der Waals surface area contributed by atoms with Crippen molar-refractivity contribution >= 4 is 40.0 Å². The van der Waals surface area contributed by atoms with Crippen LogP contribution in [0.3, 0.4) is 0 Å². The van der Waals surface area contributed by atoms with E-state index in [4.69, 9.17) is 9.15 Å². The first-order valence-electron chi connectivity index (χ1n) is 9.02. The maximum Gasteiger partial charge on any atom is 0.310 e. The van der Waals surface area contributed by atoms with Crippen LogP contribution in [0.2, 0.25) is 0 Å². The predicted octanol–water partition coefficient (Wildman–Crippen LogP) is 5.95. The van der Waals surface area contributed by atoms with Gasteiger partial charge in [0.15, 0.2) is 10.8 Å². The van der Waals surface area contributed by atoms with Gasteiger partial charge in [-0.2, -0.15) is 0 Å². The molecule has 4 aromatic rings. The van der Waals surface area contributed by atoms with Gasteiger partial charge in [0.2, 0.25) is 0 Å². The van der Waals surface area contributed by atoms with E-state index in [0.717, 1.165) is 38.7 Å². The monoisotopic (exact) mass is 409 g/mol. The average Bonchev–Trinajstić information content (AvgIpc) is 3.33. The average molecular weight is 410 g/mol. The maximum absolute atomic E-state index is 12.2. The van der Waals surface area contributed by atoms with Gasteiger partial charge < -0.3 is 9.15 Å². The molecule has 2 aromatic heterocycles. The van der Waals surface area contributed by atoms with Crippen LogP contribution < -0.4 is 0 Å². The molecule has 4 rings (SSSR count). The zero-order chi connectivity index (χ0) is 19.3. The Bertz CT molecular complexity index is 1070. The summed E-state index contributed by atoms with van der Waals surface area (Å²) in [7, 11) is 0. The van der Waals surface area contributed by atoms with Gasteiger partial charge in [-0.05, 0) is 35.6 Å². The highest BCUT2D eigenvalue weighted by Gasteiger charge is 2.12. The van der Waals surface area contributed by atoms with Gasteiger partial charge in [-0.25, -0.2) is 4.98 Å². The van der Waals surface area contributed by atoms with Gasteiger partial charge in [0.25, 0.3) is 0 Å². The third-order valence-electron chi connectivity index (χ3n) is 4.13. The fourth-order valence-electron chi connectivity index (χ4n) is 2.86. The van der Waals surface area contributed by atoms with E-state index in [2.05, 4.69) is 18.0 Å². The Morgan fingerprint density at radius 1 is 1.18 bits per heavy atom. The fourth-order valence-corrected chi connectivity index (χ4v) is 4.36. The van der Waals surface area contributed by atoms with Crippen LogP contribution in [0.5, 0.6) is 0 Å². The highest BCUT2D eigenvalue weighted by atomic mass is 32.2. The summed E-state index contributed by atoms with van der Waals surface area (Å²) in [6.07, 6.45) is 0.263. The number of aromatic nitrogens is 1. The number of fused-ring (bicyclic) bond motifs is 1. The lowest BCUT2D eigenvalue weighted by atomic mass is 10.1. The highest BCUT2D eigenvalue weighted by molar-refractivity contribution is 7.99. The molecule has 2 aromatic carbocycles. The number of esters is 1. The summed E-state index contributed by atoms with van der Waals surface area (Å²) in [6.45, 7) is 2.28. The van der Waals surface area contributed by atoms with E-state index in [-0.39, 0.29) is 19.0 Å². The molecule has 6 heteroatoms. The SMILES string of the molecule is CCSc1cccc(CC(=O)OCc2csc(-c3cc4ccccc4o3)n2)c1. The fraction of sp³-hybridized carbons (Fsp3) is 0.182. The Kier molecular flexibility index (Phi) is 5.78. The summed E-state index contributed by atoms with van der Waals surface area (Å²) in [6, 6.07) is 17.9. The molecule has 0 amide bonds. The van der Waals surface area contributed by atoms with Crippen molar-refractivity contribution in [2.75, 3.05) is 5.75 Å². The molecule has 0 N–H and O–H groups in total. The molecule has 4 nitrogen and oxygen atoms in total. The number of nitrogens with zero attached hydrogens (tertiary/aromatic N) is 1. The number of thiazole rings is 1. The van der Waals surface area contributed by atoms with E-state index in [1.54, 1.807) is 11.8 Å². The van der Waals surface area contributed by atoms with Crippen LogP contribution in [-0.2, 0) is 22.6 Å². The van der Waals surface area contributed by atoms with Crippen LogP contribution >= 0.6 is 23.1 Å². The molecule has 0 atom stereocenters. The Morgan fingerprint density at radius 2 is 2.07 bits per heavy atom. The van der Waals surface area contributed by atoms with Crippen LogP contribution in [0.1, 0.15) is 18.2 Å². The van der Waals surface area contributed by atoms with Gasteiger partial charge >= 0.3 is 5.97 Å². The van der Waals surface area contributed by atoms with Crippen LogP contribution in [0, 0.1) is 0 Å². The zero-order valence-electron chi connectivity index (χ0n) is 15.4. The Balaban J connectivity index is 1.36. The predicted molar refractivity (Wildman–Crippen MR) is 114 cm³/mol. The number of hydrogen-bond donors (Lipinski definition) is 0. The molecule has 28 heavy (non-hydrogen) atoms. The minimum Gasteiger partial charge on any atom is -0.459 e. The molecule has 0 radical (unpaired) electrons. The van der Waals surface area contributed by atoms with Crippen molar-refractivity contribution in [1.29, 1.82) is 0 Å². The second-order valence-corrected chi connectivity index (χ2v) is 8.41. The number of hydrogen-bond acceptors (Lipinski definition) is 6. The van der Waals surface area contributed by atoms with Crippen LogP contribution in [0.4, 0.5) is 0 Å². The van der Waals surface area contributed by atoms with Gasteiger partial charge in [-0.3, -0.25) is 4.79 Å². The summed E-state index contributed by atoms with van der Waals surface area (Å²) in [5.74, 6) is 1.48. The van der Waals surface area contributed by atoms with Crippen molar-refractivity contribution in [2.24, 2.45) is 0 Å². The van der Waals surface area contributed by atoms with E-state index in [1.807, 2.05) is 53.9 Å². The van der Waals surface area contributed by atoms with Gasteiger partial charge in [0.1, 0.15) is 12.2 Å². The minimum absolute atomic E-state index is 0.166. The second kappa shape index (κ2) is 8.63. The third kappa shape index (κ3) is 4.46. The molecular formula is C22H19NO3S2. The van der Waals surface area contributed by atoms with Crippen molar-refractivity contribution < 1.29 is 13.9 Å². The third-order valence-corrected chi connectivity index (χ3v) is 5.91. The quantitative estimate of drug-likeness (QED) is 0.279. The number of rotatable bonds is 7. The molecule has 2 heterocycles. The van der Waals surface area contributed by atoms with Crippen LogP contribution in [0.15, 0.2) is 69.3 Å². The van der Waals surface area contributed by atoms with Crippen molar-refractivity contribution in [3.05, 3.63) is 71.2 Å². The molecule has 0 aliphatic carbocycles. The molecule has 0 aliphatic heterocycles. The lowest BCUT2D eigenvalue weighted by Gasteiger charge is -2.05. The number of furan rings is 1. The van der Waals surface area contributed by atoms with Crippen molar-refractivity contribution in [1.82, 2.24) is 4.98 Å². The normalized spacial score (nSPS) is 11.0. The summed E-state index contributed by atoms with van der Waals surface area (Å²) in [4.78, 5) is 17.9. The summed E-state index contributed by atoms with van der Waals surface area (Å²) in [5.41, 5.74) is 2.53. The second-order valence-electron chi connectivity index (χ2n) is 6.21. The smallest absolute Gasteiger partial charge is 0.310 e. The van der Waals surface area contributed by atoms with E-state index in [0.29, 0.717) is 0 Å². The zero-order valence-corrected chi connectivity index (χ0v) is 17.0. The molecule has 0 saturated carbocycles. The first kappa shape index (κ1) is 18.8. The van der Waals surface area contributed by atoms with Gasteiger partial charge in [-0.15, -0.1) is 23.1 Å². The van der Waals surface area contributed by atoms with Crippen LogP contribution in [-0.4, -0.2) is 16.7 Å². The number of thioether (sulfide) groups is 1. The molecule has 0 fully saturated rings. The molecule has 0 spiro atoms. The van der Waals surface area contributed by atoms with E-state index in [9.17, 15) is 4.79 Å². The summed E-state index contributed by atoms with van der Waals surface area (Å²) >= 11 is 3.24. The number of carbonyl (C=O) groups excluding carboxylic acids is 1. The van der Waals surface area contributed by atoms with Gasteiger partial charge in [0.05, 0.1) is 12.1 Å². The minimum atomic E-state index is -0.253. The standard InChI is InChI=1S/C22H19NO3S2/c1-2-27-18-8-5-6-15(10-18)11-21(24)25-13-17-14-28-22(23-17)20-12-16-7-3-4-9-19(16)26-20/h3-10,12,14H,2,11,13H2,1H3. The Morgan fingerprint density at radius 3 is 2.93 bits per heavy atom. The molecule has 0 unspecified atom stereocenters. The van der Waals surface area contributed by atoms with Gasteiger partial charge in [-0.1, -0.05) is 37.3 Å². The highest BCUT2D eigenvalue weighted by Crippen LogP contribution is 2.30. The number of ether oxygens (including phenoxy) is 1. The Labute approximate surface area is 171 Å². The largest absolute Gasteiger partial charge is 0.459 e.